The second-order valence-corrected chi connectivity index (χ2v) is 4.15. The van der Waals surface area contributed by atoms with Crippen LogP contribution < -0.4 is 5.48 Å². The van der Waals surface area contributed by atoms with Crippen LogP contribution >= 0.6 is 0 Å². The topological polar surface area (TPSA) is 49.3 Å². The molecule has 0 radical (unpaired) electrons. The van der Waals surface area contributed by atoms with Gasteiger partial charge in [0.1, 0.15) is 0 Å². The molecule has 3 nitrogen and oxygen atoms in total. The van der Waals surface area contributed by atoms with E-state index in [1.165, 1.54) is 11.6 Å². The summed E-state index contributed by atoms with van der Waals surface area (Å²) < 4.78 is 0. The molecule has 1 rings (SSSR count). The summed E-state index contributed by atoms with van der Waals surface area (Å²) >= 11 is 0. The van der Waals surface area contributed by atoms with Gasteiger partial charge in [0.05, 0.1) is 0 Å². The fourth-order valence-corrected chi connectivity index (χ4v) is 1.45. The molecule has 0 aliphatic carbocycles. The fourth-order valence-electron chi connectivity index (χ4n) is 1.45. The van der Waals surface area contributed by atoms with E-state index in [2.05, 4.69) is 26.0 Å². The van der Waals surface area contributed by atoms with Crippen molar-refractivity contribution >= 4 is 12.0 Å². The summed E-state index contributed by atoms with van der Waals surface area (Å²) in [5, 5.41) is 8.31. The minimum Gasteiger partial charge on any atom is -0.288 e. The van der Waals surface area contributed by atoms with Crippen LogP contribution in [-0.4, -0.2) is 11.1 Å². The number of carbonyl (C=O) groups is 1. The van der Waals surface area contributed by atoms with E-state index in [-0.39, 0.29) is 0 Å². The van der Waals surface area contributed by atoms with Crippen molar-refractivity contribution in [2.24, 2.45) is 5.92 Å². The number of amides is 1. The molecular weight excluding hydrogens is 202 g/mol. The molecule has 86 valence electrons. The first kappa shape index (κ1) is 12.5. The first-order valence-electron chi connectivity index (χ1n) is 5.33. The Bertz CT molecular complexity index is 366. The van der Waals surface area contributed by atoms with Crippen molar-refractivity contribution < 1.29 is 10.0 Å². The first-order valence-corrected chi connectivity index (χ1v) is 5.33. The molecule has 1 aromatic carbocycles. The largest absolute Gasteiger partial charge is 0.288 e. The lowest BCUT2D eigenvalue weighted by molar-refractivity contribution is -0.124. The van der Waals surface area contributed by atoms with Crippen molar-refractivity contribution in [1.82, 2.24) is 5.48 Å². The van der Waals surface area contributed by atoms with Crippen LogP contribution in [0.3, 0.4) is 0 Å². The van der Waals surface area contributed by atoms with Crippen LogP contribution in [-0.2, 0) is 11.2 Å². The zero-order valence-corrected chi connectivity index (χ0v) is 9.60. The molecule has 0 heterocycles. The van der Waals surface area contributed by atoms with Crippen LogP contribution in [0.25, 0.3) is 6.08 Å². The Morgan fingerprint density at radius 2 is 2.00 bits per heavy atom. The van der Waals surface area contributed by atoms with Gasteiger partial charge >= 0.3 is 0 Å². The lowest BCUT2D eigenvalue weighted by Gasteiger charge is -2.04. The smallest absolute Gasteiger partial charge is 0.267 e. The van der Waals surface area contributed by atoms with Gasteiger partial charge in [0.15, 0.2) is 0 Å². The summed E-state index contributed by atoms with van der Waals surface area (Å²) in [6.07, 6.45) is 4.00. The third-order valence-corrected chi connectivity index (χ3v) is 2.16. The van der Waals surface area contributed by atoms with Crippen molar-refractivity contribution in [3.05, 3.63) is 41.5 Å². The van der Waals surface area contributed by atoms with Crippen molar-refractivity contribution in [1.29, 1.82) is 0 Å². The lowest BCUT2D eigenvalue weighted by atomic mass is 10.0. The molecule has 0 atom stereocenters. The molecule has 0 aliphatic heterocycles. The van der Waals surface area contributed by atoms with E-state index in [0.29, 0.717) is 5.92 Å². The van der Waals surface area contributed by atoms with Crippen molar-refractivity contribution in [2.75, 3.05) is 0 Å². The molecule has 0 aliphatic rings. The highest BCUT2D eigenvalue weighted by atomic mass is 16.5. The Morgan fingerprint density at radius 1 is 1.38 bits per heavy atom. The normalized spacial score (nSPS) is 11.0. The molecule has 0 fully saturated rings. The van der Waals surface area contributed by atoms with E-state index >= 15 is 0 Å². The summed E-state index contributed by atoms with van der Waals surface area (Å²) in [6.45, 7) is 4.36. The van der Waals surface area contributed by atoms with Crippen LogP contribution in [0, 0.1) is 5.92 Å². The Morgan fingerprint density at radius 3 is 2.50 bits per heavy atom. The van der Waals surface area contributed by atoms with Gasteiger partial charge in [0.2, 0.25) is 0 Å². The molecule has 0 aromatic heterocycles. The highest BCUT2D eigenvalue weighted by Crippen LogP contribution is 2.10. The fraction of sp³-hybridized carbons (Fsp3) is 0.308. The number of hydrogen-bond donors (Lipinski definition) is 2. The Labute approximate surface area is 95.8 Å². The summed E-state index contributed by atoms with van der Waals surface area (Å²) in [5.74, 6) is 0.118. The molecule has 0 bridgehead atoms. The number of rotatable bonds is 4. The van der Waals surface area contributed by atoms with E-state index in [1.807, 2.05) is 12.1 Å². The Kier molecular flexibility index (Phi) is 4.73. The van der Waals surface area contributed by atoms with Gasteiger partial charge in [-0.3, -0.25) is 10.0 Å². The number of carbonyl (C=O) groups excluding carboxylic acids is 1. The maximum absolute atomic E-state index is 10.7. The van der Waals surface area contributed by atoms with Gasteiger partial charge in [-0.05, 0) is 29.5 Å². The first-order chi connectivity index (χ1) is 7.61. The predicted octanol–water partition coefficient (Wildman–Crippen LogP) is 2.40. The third-order valence-electron chi connectivity index (χ3n) is 2.16. The summed E-state index contributed by atoms with van der Waals surface area (Å²) in [7, 11) is 0. The molecule has 0 spiro atoms. The number of hydroxylamine groups is 1. The molecule has 0 saturated carbocycles. The molecule has 0 saturated heterocycles. The minimum absolute atomic E-state index is 0.522. The van der Waals surface area contributed by atoms with Crippen LogP contribution in [0.1, 0.15) is 25.0 Å². The van der Waals surface area contributed by atoms with E-state index in [1.54, 1.807) is 11.6 Å². The van der Waals surface area contributed by atoms with Gasteiger partial charge in [-0.2, -0.15) is 0 Å². The lowest BCUT2D eigenvalue weighted by Crippen LogP contribution is -2.14. The predicted molar refractivity (Wildman–Crippen MR) is 63.9 cm³/mol. The van der Waals surface area contributed by atoms with Gasteiger partial charge in [0, 0.05) is 6.08 Å². The van der Waals surface area contributed by atoms with Crippen molar-refractivity contribution in [2.45, 2.75) is 20.3 Å². The molecule has 1 amide bonds. The maximum atomic E-state index is 10.7. The SMILES string of the molecule is CC(C)Cc1ccc(/C=C/C(=O)NO)cc1. The molecule has 1 aromatic rings. The van der Waals surface area contributed by atoms with Crippen LogP contribution in [0.5, 0.6) is 0 Å². The van der Waals surface area contributed by atoms with Crippen molar-refractivity contribution in [3.63, 3.8) is 0 Å². The zero-order valence-electron chi connectivity index (χ0n) is 9.60. The summed E-state index contributed by atoms with van der Waals surface area (Å²) in [5.41, 5.74) is 3.78. The van der Waals surface area contributed by atoms with Crippen molar-refractivity contribution in [3.8, 4) is 0 Å². The van der Waals surface area contributed by atoms with Gasteiger partial charge in [0.25, 0.3) is 5.91 Å². The van der Waals surface area contributed by atoms with Crippen LogP contribution in [0.2, 0.25) is 0 Å². The molecular formula is C13H17NO2. The quantitative estimate of drug-likeness (QED) is 0.464. The van der Waals surface area contributed by atoms with Gasteiger partial charge in [-0.15, -0.1) is 0 Å². The summed E-state index contributed by atoms with van der Waals surface area (Å²) in [4.78, 5) is 10.7. The second kappa shape index (κ2) is 6.08. The third kappa shape index (κ3) is 4.28. The van der Waals surface area contributed by atoms with Crippen LogP contribution in [0.15, 0.2) is 30.3 Å². The van der Waals surface area contributed by atoms with Gasteiger partial charge in [-0.1, -0.05) is 38.1 Å². The number of benzene rings is 1. The number of hydrogen-bond acceptors (Lipinski definition) is 2. The Hall–Kier alpha value is -1.61. The van der Waals surface area contributed by atoms with E-state index < -0.39 is 5.91 Å². The summed E-state index contributed by atoms with van der Waals surface area (Å²) in [6, 6.07) is 8.02. The highest BCUT2D eigenvalue weighted by Gasteiger charge is 1.97. The Balaban J connectivity index is 2.64. The minimum atomic E-state index is -0.522. The highest BCUT2D eigenvalue weighted by molar-refractivity contribution is 5.90. The molecule has 3 heteroatoms. The van der Waals surface area contributed by atoms with E-state index in [0.717, 1.165) is 12.0 Å². The van der Waals surface area contributed by atoms with Gasteiger partial charge in [-0.25, -0.2) is 5.48 Å². The average molecular weight is 219 g/mol. The monoisotopic (exact) mass is 219 g/mol. The zero-order chi connectivity index (χ0) is 12.0. The molecule has 2 N–H and O–H groups in total. The maximum Gasteiger partial charge on any atom is 0.267 e. The van der Waals surface area contributed by atoms with E-state index in [9.17, 15) is 4.79 Å². The van der Waals surface area contributed by atoms with Crippen LogP contribution in [0.4, 0.5) is 0 Å². The van der Waals surface area contributed by atoms with Gasteiger partial charge < -0.3 is 0 Å². The second-order valence-electron chi connectivity index (χ2n) is 4.15. The number of nitrogens with one attached hydrogen (secondary N) is 1. The molecule has 0 unspecified atom stereocenters. The average Bonchev–Trinajstić information content (AvgIpc) is 2.27. The standard InChI is InChI=1S/C13H17NO2/c1-10(2)9-12-5-3-11(4-6-12)7-8-13(15)14-16/h3-8,10,16H,9H2,1-2H3,(H,14,15)/b8-7+. The van der Waals surface area contributed by atoms with E-state index in [4.69, 9.17) is 5.21 Å². The molecule has 16 heavy (non-hydrogen) atoms.